The van der Waals surface area contributed by atoms with Gasteiger partial charge >= 0.3 is 0 Å². The van der Waals surface area contributed by atoms with Crippen LogP contribution in [0, 0.1) is 0 Å². The van der Waals surface area contributed by atoms with Crippen molar-refractivity contribution in [1.29, 1.82) is 0 Å². The van der Waals surface area contributed by atoms with Gasteiger partial charge < -0.3 is 10.6 Å². The van der Waals surface area contributed by atoms with Gasteiger partial charge in [0.1, 0.15) is 0 Å². The summed E-state index contributed by atoms with van der Waals surface area (Å²) in [5.74, 6) is -0.0105. The molecule has 1 aromatic carbocycles. The van der Waals surface area contributed by atoms with Crippen LogP contribution in [-0.4, -0.2) is 19.5 Å². The molecular formula is C13H20N2O. The van der Waals surface area contributed by atoms with Gasteiger partial charge in [-0.25, -0.2) is 0 Å². The number of hydrogen-bond acceptors (Lipinski definition) is 2. The van der Waals surface area contributed by atoms with Crippen molar-refractivity contribution in [2.75, 3.05) is 18.9 Å². The van der Waals surface area contributed by atoms with E-state index in [-0.39, 0.29) is 11.3 Å². The summed E-state index contributed by atoms with van der Waals surface area (Å²) in [6, 6.07) is 8.09. The number of carbonyl (C=O) groups is 1. The summed E-state index contributed by atoms with van der Waals surface area (Å²) in [7, 11) is 1.64. The molecule has 3 heteroatoms. The molecule has 0 heterocycles. The van der Waals surface area contributed by atoms with Crippen LogP contribution in [0.5, 0.6) is 0 Å². The molecule has 0 saturated heterocycles. The Balaban J connectivity index is 2.84. The van der Waals surface area contributed by atoms with Crippen LogP contribution in [0.4, 0.5) is 5.69 Å². The number of amides is 1. The first-order valence-electron chi connectivity index (χ1n) is 5.49. The van der Waals surface area contributed by atoms with Gasteiger partial charge in [0, 0.05) is 12.7 Å². The zero-order chi connectivity index (χ0) is 12.2. The Morgan fingerprint density at radius 1 is 1.25 bits per heavy atom. The lowest BCUT2D eigenvalue weighted by Crippen LogP contribution is -2.27. The second-order valence-electron chi connectivity index (χ2n) is 4.82. The Morgan fingerprint density at radius 3 is 2.44 bits per heavy atom. The second-order valence-corrected chi connectivity index (χ2v) is 4.82. The van der Waals surface area contributed by atoms with Gasteiger partial charge in [-0.1, -0.05) is 39.0 Å². The second kappa shape index (κ2) is 5.01. The third-order valence-electron chi connectivity index (χ3n) is 2.45. The minimum Gasteiger partial charge on any atom is -0.376 e. The van der Waals surface area contributed by atoms with Crippen molar-refractivity contribution in [3.05, 3.63) is 29.8 Å². The molecule has 2 N–H and O–H groups in total. The fourth-order valence-electron chi connectivity index (χ4n) is 1.56. The van der Waals surface area contributed by atoms with E-state index in [1.807, 2.05) is 18.2 Å². The fraction of sp³-hybridized carbons (Fsp3) is 0.462. The van der Waals surface area contributed by atoms with E-state index in [0.717, 1.165) is 5.69 Å². The highest BCUT2D eigenvalue weighted by molar-refractivity contribution is 5.80. The van der Waals surface area contributed by atoms with Crippen LogP contribution >= 0.6 is 0 Å². The zero-order valence-electron chi connectivity index (χ0n) is 10.4. The van der Waals surface area contributed by atoms with Crippen molar-refractivity contribution in [3.8, 4) is 0 Å². The van der Waals surface area contributed by atoms with Crippen LogP contribution in [-0.2, 0) is 10.2 Å². The van der Waals surface area contributed by atoms with Crippen LogP contribution in [0.3, 0.4) is 0 Å². The Kier molecular flexibility index (Phi) is 3.93. The molecule has 88 valence electrons. The van der Waals surface area contributed by atoms with E-state index in [1.54, 1.807) is 7.05 Å². The molecule has 16 heavy (non-hydrogen) atoms. The van der Waals surface area contributed by atoms with Gasteiger partial charge in [0.15, 0.2) is 0 Å². The van der Waals surface area contributed by atoms with Gasteiger partial charge in [-0.15, -0.1) is 0 Å². The first-order chi connectivity index (χ1) is 7.45. The molecule has 3 nitrogen and oxygen atoms in total. The van der Waals surface area contributed by atoms with Crippen LogP contribution < -0.4 is 10.6 Å². The normalized spacial score (nSPS) is 11.0. The molecule has 0 fully saturated rings. The lowest BCUT2D eigenvalue weighted by Gasteiger charge is -2.23. The fourth-order valence-corrected chi connectivity index (χ4v) is 1.56. The Bertz CT molecular complexity index is 366. The molecular weight excluding hydrogens is 200 g/mol. The molecule has 1 rings (SSSR count). The third-order valence-corrected chi connectivity index (χ3v) is 2.45. The van der Waals surface area contributed by atoms with Crippen LogP contribution in [0.15, 0.2) is 24.3 Å². The van der Waals surface area contributed by atoms with Crippen molar-refractivity contribution in [2.45, 2.75) is 26.2 Å². The highest BCUT2D eigenvalue weighted by Crippen LogP contribution is 2.28. The molecule has 0 spiro atoms. The lowest BCUT2D eigenvalue weighted by molar-refractivity contribution is -0.118. The van der Waals surface area contributed by atoms with Gasteiger partial charge in [-0.05, 0) is 17.0 Å². The predicted molar refractivity (Wildman–Crippen MR) is 67.7 cm³/mol. The van der Waals surface area contributed by atoms with Gasteiger partial charge in [0.25, 0.3) is 0 Å². The van der Waals surface area contributed by atoms with Gasteiger partial charge in [0.05, 0.1) is 6.54 Å². The number of anilines is 1. The van der Waals surface area contributed by atoms with E-state index in [1.165, 1.54) is 5.56 Å². The van der Waals surface area contributed by atoms with E-state index >= 15 is 0 Å². The smallest absolute Gasteiger partial charge is 0.239 e. The predicted octanol–water partition coefficient (Wildman–Crippen LogP) is 2.14. The highest BCUT2D eigenvalue weighted by Gasteiger charge is 2.17. The maximum atomic E-state index is 11.2. The summed E-state index contributed by atoms with van der Waals surface area (Å²) in [5, 5.41) is 5.75. The Labute approximate surface area is 97.2 Å². The number of hydrogen-bond donors (Lipinski definition) is 2. The summed E-state index contributed by atoms with van der Waals surface area (Å²) in [6.45, 7) is 6.79. The van der Waals surface area contributed by atoms with Crippen LogP contribution in [0.1, 0.15) is 26.3 Å². The summed E-state index contributed by atoms with van der Waals surface area (Å²) in [5.41, 5.74) is 2.32. The molecule has 0 aliphatic rings. The Morgan fingerprint density at radius 2 is 1.88 bits per heavy atom. The van der Waals surface area contributed by atoms with Crippen molar-refractivity contribution < 1.29 is 4.79 Å². The molecule has 0 unspecified atom stereocenters. The maximum absolute atomic E-state index is 11.2. The summed E-state index contributed by atoms with van der Waals surface area (Å²) in [4.78, 5) is 11.2. The van der Waals surface area contributed by atoms with E-state index in [0.29, 0.717) is 6.54 Å². The molecule has 0 aromatic heterocycles. The number of para-hydroxylation sites is 1. The average Bonchev–Trinajstić information content (AvgIpc) is 2.25. The molecule has 0 atom stereocenters. The first kappa shape index (κ1) is 12.6. The van der Waals surface area contributed by atoms with Gasteiger partial charge in [-0.3, -0.25) is 4.79 Å². The van der Waals surface area contributed by atoms with Gasteiger partial charge in [-0.2, -0.15) is 0 Å². The quantitative estimate of drug-likeness (QED) is 0.819. The SMILES string of the molecule is CNC(=O)CNc1ccccc1C(C)(C)C. The third kappa shape index (κ3) is 3.26. The molecule has 0 bridgehead atoms. The van der Waals surface area contributed by atoms with E-state index < -0.39 is 0 Å². The minimum absolute atomic E-state index is 0.0105. The lowest BCUT2D eigenvalue weighted by atomic mass is 9.86. The van der Waals surface area contributed by atoms with Gasteiger partial charge in [0.2, 0.25) is 5.91 Å². The largest absolute Gasteiger partial charge is 0.376 e. The molecule has 1 amide bonds. The monoisotopic (exact) mass is 220 g/mol. The number of benzene rings is 1. The summed E-state index contributed by atoms with van der Waals surface area (Å²) < 4.78 is 0. The molecule has 0 saturated carbocycles. The van der Waals surface area contributed by atoms with Crippen molar-refractivity contribution in [2.24, 2.45) is 0 Å². The van der Waals surface area contributed by atoms with Crippen molar-refractivity contribution >= 4 is 11.6 Å². The number of nitrogens with one attached hydrogen (secondary N) is 2. The van der Waals surface area contributed by atoms with E-state index in [2.05, 4.69) is 37.5 Å². The minimum atomic E-state index is -0.0105. The Hall–Kier alpha value is -1.51. The van der Waals surface area contributed by atoms with Crippen molar-refractivity contribution in [3.63, 3.8) is 0 Å². The first-order valence-corrected chi connectivity index (χ1v) is 5.49. The number of rotatable bonds is 3. The topological polar surface area (TPSA) is 41.1 Å². The molecule has 0 aliphatic carbocycles. The highest BCUT2D eigenvalue weighted by atomic mass is 16.1. The summed E-state index contributed by atoms with van der Waals surface area (Å²) in [6.07, 6.45) is 0. The number of carbonyl (C=O) groups excluding carboxylic acids is 1. The zero-order valence-corrected chi connectivity index (χ0v) is 10.4. The van der Waals surface area contributed by atoms with E-state index in [9.17, 15) is 4.79 Å². The number of likely N-dealkylation sites (N-methyl/N-ethyl adjacent to an activating group) is 1. The van der Waals surface area contributed by atoms with Crippen LogP contribution in [0.25, 0.3) is 0 Å². The molecule has 0 aliphatic heterocycles. The van der Waals surface area contributed by atoms with Crippen molar-refractivity contribution in [1.82, 2.24) is 5.32 Å². The molecule has 1 aromatic rings. The standard InChI is InChI=1S/C13H20N2O/c1-13(2,3)10-7-5-6-8-11(10)15-9-12(16)14-4/h5-8,15H,9H2,1-4H3,(H,14,16). The van der Waals surface area contributed by atoms with Crippen LogP contribution in [0.2, 0.25) is 0 Å². The molecule has 0 radical (unpaired) electrons. The summed E-state index contributed by atoms with van der Waals surface area (Å²) >= 11 is 0. The van der Waals surface area contributed by atoms with E-state index in [4.69, 9.17) is 0 Å². The maximum Gasteiger partial charge on any atom is 0.239 e. The average molecular weight is 220 g/mol.